The number of hydrogen-bond donors (Lipinski definition) is 1. The standard InChI is InChI=1S/C22H37N3O5/c1-22(2,3)29-20(28)13-17(12-8-11-16-9-6-5-7-10-16)21-23-18(24-30-21)14-25(4)15-19(26)27/h16-17H,5-15H2,1-4H3,(H,26,27). The zero-order chi connectivity index (χ0) is 22.1. The number of carboxylic acid groups (broad SMARTS) is 1. The summed E-state index contributed by atoms with van der Waals surface area (Å²) in [6.45, 7) is 5.73. The van der Waals surface area contributed by atoms with Crippen LogP contribution in [-0.4, -0.2) is 51.3 Å². The van der Waals surface area contributed by atoms with Crippen LogP contribution in [0.3, 0.4) is 0 Å². The van der Waals surface area contributed by atoms with Crippen molar-refractivity contribution in [3.63, 3.8) is 0 Å². The first-order valence-electron chi connectivity index (χ1n) is 11.1. The van der Waals surface area contributed by atoms with Crippen molar-refractivity contribution < 1.29 is 24.0 Å². The maximum absolute atomic E-state index is 12.4. The van der Waals surface area contributed by atoms with Gasteiger partial charge in [-0.25, -0.2) is 0 Å². The lowest BCUT2D eigenvalue weighted by Crippen LogP contribution is -2.26. The number of aromatic nitrogens is 2. The van der Waals surface area contributed by atoms with E-state index >= 15 is 0 Å². The summed E-state index contributed by atoms with van der Waals surface area (Å²) in [5.41, 5.74) is -0.538. The Morgan fingerprint density at radius 1 is 1.27 bits per heavy atom. The number of rotatable bonds is 11. The van der Waals surface area contributed by atoms with Gasteiger partial charge < -0.3 is 14.4 Å². The van der Waals surface area contributed by atoms with E-state index in [-0.39, 0.29) is 31.4 Å². The van der Waals surface area contributed by atoms with Crippen LogP contribution in [0.2, 0.25) is 0 Å². The van der Waals surface area contributed by atoms with Gasteiger partial charge in [-0.05, 0) is 40.2 Å². The summed E-state index contributed by atoms with van der Waals surface area (Å²) in [6.07, 6.45) is 9.76. The summed E-state index contributed by atoms with van der Waals surface area (Å²) >= 11 is 0. The number of hydrogen-bond acceptors (Lipinski definition) is 7. The van der Waals surface area contributed by atoms with Gasteiger partial charge in [0.1, 0.15) is 5.60 Å². The van der Waals surface area contributed by atoms with E-state index in [2.05, 4.69) is 10.1 Å². The minimum absolute atomic E-state index is 0.105. The molecule has 1 unspecified atom stereocenters. The maximum atomic E-state index is 12.4. The number of likely N-dealkylation sites (N-methyl/N-ethyl adjacent to an activating group) is 1. The van der Waals surface area contributed by atoms with E-state index in [0.717, 1.165) is 25.2 Å². The van der Waals surface area contributed by atoms with Gasteiger partial charge >= 0.3 is 11.9 Å². The molecule has 2 rings (SSSR count). The highest BCUT2D eigenvalue weighted by atomic mass is 16.6. The second-order valence-corrected chi connectivity index (χ2v) is 9.54. The highest BCUT2D eigenvalue weighted by molar-refractivity contribution is 5.70. The molecule has 1 N–H and O–H groups in total. The number of esters is 1. The van der Waals surface area contributed by atoms with Crippen LogP contribution in [0.4, 0.5) is 0 Å². The highest BCUT2D eigenvalue weighted by Gasteiger charge is 2.26. The fraction of sp³-hybridized carbons (Fsp3) is 0.818. The van der Waals surface area contributed by atoms with Crippen molar-refractivity contribution in [1.29, 1.82) is 0 Å². The summed E-state index contributed by atoms with van der Waals surface area (Å²) in [7, 11) is 1.69. The summed E-state index contributed by atoms with van der Waals surface area (Å²) in [6, 6.07) is 0. The van der Waals surface area contributed by atoms with Crippen LogP contribution in [-0.2, 0) is 20.9 Å². The van der Waals surface area contributed by atoms with Gasteiger partial charge in [0.15, 0.2) is 5.82 Å². The smallest absolute Gasteiger partial charge is 0.317 e. The summed E-state index contributed by atoms with van der Waals surface area (Å²) in [5.74, 6) is 0.274. The van der Waals surface area contributed by atoms with E-state index in [1.54, 1.807) is 11.9 Å². The van der Waals surface area contributed by atoms with Crippen LogP contribution in [0.25, 0.3) is 0 Å². The molecule has 1 heterocycles. The lowest BCUT2D eigenvalue weighted by Gasteiger charge is -2.23. The summed E-state index contributed by atoms with van der Waals surface area (Å²) < 4.78 is 11.0. The van der Waals surface area contributed by atoms with E-state index in [9.17, 15) is 9.59 Å². The molecule has 1 aliphatic carbocycles. The van der Waals surface area contributed by atoms with Gasteiger partial charge in [0.25, 0.3) is 0 Å². The van der Waals surface area contributed by atoms with Gasteiger partial charge in [-0.2, -0.15) is 4.98 Å². The third kappa shape index (κ3) is 9.24. The largest absolute Gasteiger partial charge is 0.480 e. The Balaban J connectivity index is 1.98. The van der Waals surface area contributed by atoms with Crippen LogP contribution in [0.1, 0.15) is 96.2 Å². The Labute approximate surface area is 179 Å². The Morgan fingerprint density at radius 2 is 1.97 bits per heavy atom. The first kappa shape index (κ1) is 24.3. The molecular weight excluding hydrogens is 386 g/mol. The molecule has 1 aliphatic rings. The molecule has 170 valence electrons. The number of aliphatic carboxylic acids is 1. The first-order valence-corrected chi connectivity index (χ1v) is 11.1. The lowest BCUT2D eigenvalue weighted by atomic mass is 9.84. The van der Waals surface area contributed by atoms with Gasteiger partial charge in [0, 0.05) is 5.92 Å². The van der Waals surface area contributed by atoms with Gasteiger partial charge in [-0.15, -0.1) is 0 Å². The Bertz CT molecular complexity index is 677. The Morgan fingerprint density at radius 3 is 2.60 bits per heavy atom. The van der Waals surface area contributed by atoms with Crippen molar-refractivity contribution in [3.8, 4) is 0 Å². The monoisotopic (exact) mass is 423 g/mol. The molecule has 1 fully saturated rings. The number of carbonyl (C=O) groups is 2. The van der Waals surface area contributed by atoms with Gasteiger partial charge in [0.05, 0.1) is 19.5 Å². The van der Waals surface area contributed by atoms with Crippen LogP contribution in [0.5, 0.6) is 0 Å². The molecule has 0 radical (unpaired) electrons. The van der Waals surface area contributed by atoms with Crippen molar-refractivity contribution in [1.82, 2.24) is 15.0 Å². The molecule has 0 spiro atoms. The molecule has 1 saturated carbocycles. The van der Waals surface area contributed by atoms with Crippen molar-refractivity contribution in [3.05, 3.63) is 11.7 Å². The molecule has 0 saturated heterocycles. The number of ether oxygens (including phenoxy) is 1. The average Bonchev–Trinajstić information content (AvgIpc) is 3.07. The minimum atomic E-state index is -0.910. The van der Waals surface area contributed by atoms with Crippen molar-refractivity contribution >= 4 is 11.9 Å². The summed E-state index contributed by atoms with van der Waals surface area (Å²) in [5, 5.41) is 12.9. The molecule has 1 aromatic rings. The van der Waals surface area contributed by atoms with Gasteiger partial charge in [0.2, 0.25) is 5.89 Å². The van der Waals surface area contributed by atoms with Crippen molar-refractivity contribution in [2.24, 2.45) is 5.92 Å². The first-order chi connectivity index (χ1) is 14.1. The fourth-order valence-electron chi connectivity index (χ4n) is 4.05. The zero-order valence-corrected chi connectivity index (χ0v) is 18.9. The van der Waals surface area contributed by atoms with E-state index in [4.69, 9.17) is 14.4 Å². The molecule has 1 aromatic heterocycles. The molecule has 0 aromatic carbocycles. The van der Waals surface area contributed by atoms with E-state index in [1.807, 2.05) is 20.8 Å². The third-order valence-corrected chi connectivity index (χ3v) is 5.37. The third-order valence-electron chi connectivity index (χ3n) is 5.37. The quantitative estimate of drug-likeness (QED) is 0.529. The van der Waals surface area contributed by atoms with Crippen molar-refractivity contribution in [2.45, 2.75) is 96.6 Å². The number of nitrogens with zero attached hydrogens (tertiary/aromatic N) is 3. The molecule has 0 aliphatic heterocycles. The second-order valence-electron chi connectivity index (χ2n) is 9.54. The van der Waals surface area contributed by atoms with Crippen LogP contribution in [0, 0.1) is 5.92 Å². The fourth-order valence-corrected chi connectivity index (χ4v) is 4.05. The number of carboxylic acids is 1. The molecule has 0 bridgehead atoms. The van der Waals surface area contributed by atoms with Crippen LogP contribution in [0.15, 0.2) is 4.52 Å². The minimum Gasteiger partial charge on any atom is -0.480 e. The Kier molecular flexibility index (Phi) is 9.27. The SMILES string of the molecule is CN(CC(=O)O)Cc1noc(C(CCCC2CCCCC2)CC(=O)OC(C)(C)C)n1. The maximum Gasteiger partial charge on any atom is 0.317 e. The van der Waals surface area contributed by atoms with E-state index < -0.39 is 11.6 Å². The average molecular weight is 424 g/mol. The highest BCUT2D eigenvalue weighted by Crippen LogP contribution is 2.31. The molecule has 1 atom stereocenters. The number of carbonyl (C=O) groups excluding carboxylic acids is 1. The lowest BCUT2D eigenvalue weighted by molar-refractivity contribution is -0.155. The zero-order valence-electron chi connectivity index (χ0n) is 18.9. The molecule has 8 heteroatoms. The van der Waals surface area contributed by atoms with Crippen molar-refractivity contribution in [2.75, 3.05) is 13.6 Å². The van der Waals surface area contributed by atoms with Gasteiger partial charge in [-0.1, -0.05) is 50.1 Å². The molecule has 30 heavy (non-hydrogen) atoms. The van der Waals surface area contributed by atoms with E-state index in [0.29, 0.717) is 11.7 Å². The molecular formula is C22H37N3O5. The molecule has 0 amide bonds. The van der Waals surface area contributed by atoms with E-state index in [1.165, 1.54) is 32.1 Å². The topological polar surface area (TPSA) is 106 Å². The summed E-state index contributed by atoms with van der Waals surface area (Å²) in [4.78, 5) is 29.3. The van der Waals surface area contributed by atoms with Crippen LogP contribution >= 0.6 is 0 Å². The Hall–Kier alpha value is -1.96. The normalized spacial score (nSPS) is 16.6. The molecule has 8 nitrogen and oxygen atoms in total. The predicted molar refractivity (Wildman–Crippen MR) is 112 cm³/mol. The predicted octanol–water partition coefficient (Wildman–Crippen LogP) is 4.15. The van der Waals surface area contributed by atoms with Gasteiger partial charge in [-0.3, -0.25) is 14.5 Å². The van der Waals surface area contributed by atoms with Crippen LogP contribution < -0.4 is 0 Å². The second kappa shape index (κ2) is 11.4.